The molecule has 0 radical (unpaired) electrons. The fraction of sp³-hybridized carbons (Fsp3) is 0.111. The molecule has 2 aromatic carbocycles. The van der Waals surface area contributed by atoms with Gasteiger partial charge in [-0.15, -0.1) is 22.7 Å². The summed E-state index contributed by atoms with van der Waals surface area (Å²) >= 11 is 14.4. The van der Waals surface area contributed by atoms with Crippen LogP contribution in [-0.4, -0.2) is 28.5 Å². The fourth-order valence-electron chi connectivity index (χ4n) is 3.53. The molecule has 0 fully saturated rings. The van der Waals surface area contributed by atoms with E-state index in [2.05, 4.69) is 15.8 Å². The Morgan fingerprint density at radius 2 is 1.62 bits per heavy atom. The molecule has 4 aromatic rings. The average Bonchev–Trinajstić information content (AvgIpc) is 3.55. The molecule has 3 amide bonds. The molecule has 2 aromatic heterocycles. The van der Waals surface area contributed by atoms with E-state index >= 15 is 0 Å². The van der Waals surface area contributed by atoms with E-state index in [0.29, 0.717) is 41.5 Å². The monoisotopic (exact) mass is 600 g/mol. The van der Waals surface area contributed by atoms with E-state index in [1.807, 2.05) is 12.1 Å². The van der Waals surface area contributed by atoms with E-state index in [0.717, 1.165) is 22.5 Å². The highest BCUT2D eigenvalue weighted by molar-refractivity contribution is 7.16. The lowest BCUT2D eigenvalue weighted by atomic mass is 10.1. The number of aromatic hydroxyl groups is 1. The van der Waals surface area contributed by atoms with E-state index in [-0.39, 0.29) is 24.6 Å². The van der Waals surface area contributed by atoms with Crippen LogP contribution >= 0.6 is 45.9 Å². The van der Waals surface area contributed by atoms with Crippen molar-refractivity contribution in [3.63, 3.8) is 0 Å². The summed E-state index contributed by atoms with van der Waals surface area (Å²) < 4.78 is 0. The Labute approximate surface area is 242 Å². The molecule has 0 atom stereocenters. The lowest BCUT2D eigenvalue weighted by molar-refractivity contribution is -0.117. The van der Waals surface area contributed by atoms with Crippen LogP contribution in [0.25, 0.3) is 10.4 Å². The van der Waals surface area contributed by atoms with Gasteiger partial charge in [-0.1, -0.05) is 53.5 Å². The number of thiophene rings is 2. The minimum atomic E-state index is -0.483. The van der Waals surface area contributed by atoms with Crippen LogP contribution in [0.5, 0.6) is 5.75 Å². The standard InChI is InChI=1S/C27H22Cl2N4O4S2/c1-14(18-13-38-25(24(18)35)17-6-7-19(28)20(29)11-17)32-33-27(37)22-9-8-21(39-22)26(36)31-12-16-4-2-15(3-5-16)10-23(30)34/h2-9,11,13,35H,10,12H2,1H3,(H2,30,34)(H,31,36)(H,33,37). The van der Waals surface area contributed by atoms with Gasteiger partial charge in [-0.3, -0.25) is 14.4 Å². The van der Waals surface area contributed by atoms with Crippen molar-refractivity contribution in [1.82, 2.24) is 10.7 Å². The highest BCUT2D eigenvalue weighted by Crippen LogP contribution is 2.40. The van der Waals surface area contributed by atoms with Gasteiger partial charge in [0, 0.05) is 11.9 Å². The number of rotatable bonds is 9. The van der Waals surface area contributed by atoms with Gasteiger partial charge in [0.25, 0.3) is 11.8 Å². The normalized spacial score (nSPS) is 11.3. The highest BCUT2D eigenvalue weighted by atomic mass is 35.5. The molecule has 0 spiro atoms. The number of hydrogen-bond donors (Lipinski definition) is 4. The zero-order valence-corrected chi connectivity index (χ0v) is 23.6. The average molecular weight is 602 g/mol. The number of nitrogens with one attached hydrogen (secondary N) is 2. The first-order chi connectivity index (χ1) is 18.6. The third-order valence-electron chi connectivity index (χ3n) is 5.57. The van der Waals surface area contributed by atoms with Crippen molar-refractivity contribution >= 4 is 69.3 Å². The maximum Gasteiger partial charge on any atom is 0.281 e. The second-order valence-electron chi connectivity index (χ2n) is 8.40. The van der Waals surface area contributed by atoms with Gasteiger partial charge in [0.15, 0.2) is 0 Å². The lowest BCUT2D eigenvalue weighted by Gasteiger charge is -2.05. The molecule has 12 heteroatoms. The van der Waals surface area contributed by atoms with E-state index in [9.17, 15) is 19.5 Å². The molecule has 0 unspecified atom stereocenters. The molecule has 0 saturated heterocycles. The molecule has 0 bridgehead atoms. The molecule has 0 aliphatic heterocycles. The maximum absolute atomic E-state index is 12.6. The molecule has 4 rings (SSSR count). The van der Waals surface area contributed by atoms with Crippen molar-refractivity contribution in [3.05, 3.63) is 96.5 Å². The number of nitrogens with two attached hydrogens (primary N) is 1. The third-order valence-corrected chi connectivity index (χ3v) is 8.41. The zero-order chi connectivity index (χ0) is 28.1. The van der Waals surface area contributed by atoms with Crippen molar-refractivity contribution < 1.29 is 19.5 Å². The minimum Gasteiger partial charge on any atom is -0.506 e. The molecule has 5 N–H and O–H groups in total. The van der Waals surface area contributed by atoms with Gasteiger partial charge in [-0.25, -0.2) is 5.43 Å². The first-order valence-electron chi connectivity index (χ1n) is 11.5. The lowest BCUT2D eigenvalue weighted by Crippen LogP contribution is -2.22. The van der Waals surface area contributed by atoms with Gasteiger partial charge >= 0.3 is 0 Å². The first kappa shape index (κ1) is 28.3. The molecule has 0 saturated carbocycles. The molecule has 200 valence electrons. The van der Waals surface area contributed by atoms with Crippen molar-refractivity contribution in [1.29, 1.82) is 0 Å². The summed E-state index contributed by atoms with van der Waals surface area (Å²) in [5, 5.41) is 20.2. The highest BCUT2D eigenvalue weighted by Gasteiger charge is 2.17. The van der Waals surface area contributed by atoms with Gasteiger partial charge in [0.05, 0.1) is 42.4 Å². The number of nitrogens with zero attached hydrogens (tertiary/aromatic N) is 1. The summed E-state index contributed by atoms with van der Waals surface area (Å²) in [6, 6.07) is 15.4. The van der Waals surface area contributed by atoms with Crippen molar-refractivity contribution in [2.45, 2.75) is 19.9 Å². The van der Waals surface area contributed by atoms with E-state index in [1.165, 1.54) is 11.3 Å². The summed E-state index contributed by atoms with van der Waals surface area (Å²) in [6.45, 7) is 1.95. The Morgan fingerprint density at radius 1 is 0.949 bits per heavy atom. The number of primary amides is 1. The van der Waals surface area contributed by atoms with Crippen LogP contribution in [0.1, 0.15) is 43.0 Å². The first-order valence-corrected chi connectivity index (χ1v) is 13.9. The number of benzene rings is 2. The summed E-state index contributed by atoms with van der Waals surface area (Å²) in [6.07, 6.45) is 0.157. The fourth-order valence-corrected chi connectivity index (χ4v) is 5.64. The molecule has 0 aliphatic rings. The summed E-state index contributed by atoms with van der Waals surface area (Å²) in [5.74, 6) is -1.19. The summed E-state index contributed by atoms with van der Waals surface area (Å²) in [4.78, 5) is 37.5. The Morgan fingerprint density at radius 3 is 2.28 bits per heavy atom. The molecule has 2 heterocycles. The maximum atomic E-state index is 12.6. The zero-order valence-electron chi connectivity index (χ0n) is 20.5. The van der Waals surface area contributed by atoms with Gasteiger partial charge in [0.2, 0.25) is 5.91 Å². The predicted molar refractivity (Wildman–Crippen MR) is 156 cm³/mol. The number of amides is 3. The van der Waals surface area contributed by atoms with Gasteiger partial charge in [0.1, 0.15) is 5.75 Å². The van der Waals surface area contributed by atoms with Crippen molar-refractivity contribution in [3.8, 4) is 16.2 Å². The SMILES string of the molecule is CC(=NNC(=O)c1ccc(C(=O)NCc2ccc(CC(N)=O)cc2)s1)c1csc(-c2ccc(Cl)c(Cl)c2)c1O. The second-order valence-corrected chi connectivity index (χ2v) is 11.2. The van der Waals surface area contributed by atoms with E-state index in [4.69, 9.17) is 28.9 Å². The van der Waals surface area contributed by atoms with Crippen molar-refractivity contribution in [2.24, 2.45) is 10.8 Å². The van der Waals surface area contributed by atoms with E-state index < -0.39 is 11.8 Å². The molecular weight excluding hydrogens is 579 g/mol. The van der Waals surface area contributed by atoms with Crippen LogP contribution in [0, 0.1) is 0 Å². The topological polar surface area (TPSA) is 134 Å². The van der Waals surface area contributed by atoms with Crippen LogP contribution in [-0.2, 0) is 17.8 Å². The Hall–Kier alpha value is -3.70. The summed E-state index contributed by atoms with van der Waals surface area (Å²) in [5.41, 5.74) is 10.9. The molecule has 39 heavy (non-hydrogen) atoms. The number of hydrogen-bond acceptors (Lipinski definition) is 7. The van der Waals surface area contributed by atoms with Crippen molar-refractivity contribution in [2.75, 3.05) is 0 Å². The molecule has 8 nitrogen and oxygen atoms in total. The summed E-state index contributed by atoms with van der Waals surface area (Å²) in [7, 11) is 0. The van der Waals surface area contributed by atoms with Crippen LogP contribution in [0.2, 0.25) is 10.0 Å². The molecule has 0 aliphatic carbocycles. The van der Waals surface area contributed by atoms with Gasteiger partial charge < -0.3 is 16.2 Å². The largest absolute Gasteiger partial charge is 0.506 e. The Balaban J connectivity index is 1.35. The van der Waals surface area contributed by atoms with Crippen LogP contribution in [0.3, 0.4) is 0 Å². The van der Waals surface area contributed by atoms with Crippen LogP contribution < -0.4 is 16.5 Å². The third kappa shape index (κ3) is 7.04. The predicted octanol–water partition coefficient (Wildman–Crippen LogP) is 5.60. The van der Waals surface area contributed by atoms with Crippen LogP contribution in [0.15, 0.2) is 65.1 Å². The minimum absolute atomic E-state index is 0.0199. The Kier molecular flexibility index (Phi) is 9.03. The van der Waals surface area contributed by atoms with Gasteiger partial charge in [-0.2, -0.15) is 5.10 Å². The van der Waals surface area contributed by atoms with E-state index in [1.54, 1.807) is 54.8 Å². The quantitative estimate of drug-likeness (QED) is 0.147. The second kappa shape index (κ2) is 12.4. The van der Waals surface area contributed by atoms with Gasteiger partial charge in [-0.05, 0) is 47.9 Å². The number of hydrazone groups is 1. The smallest absolute Gasteiger partial charge is 0.281 e. The number of carbonyl (C=O) groups excluding carboxylic acids is 3. The number of carbonyl (C=O) groups is 3. The van der Waals surface area contributed by atoms with Crippen LogP contribution in [0.4, 0.5) is 0 Å². The Bertz CT molecular complexity index is 1580. The number of halogens is 2. The molecular formula is C27H22Cl2N4O4S2.